The number of nitrogens with zero attached hydrogens (tertiary/aromatic N) is 4. The number of carbonyl (C=O) groups excluding carboxylic acids is 1. The van der Waals surface area contributed by atoms with Gasteiger partial charge in [0.1, 0.15) is 11.6 Å². The number of anilines is 1. The minimum Gasteiger partial charge on any atom is -0.368 e. The van der Waals surface area contributed by atoms with Gasteiger partial charge in [-0.25, -0.2) is 19.3 Å². The maximum Gasteiger partial charge on any atom is 0.417 e. The van der Waals surface area contributed by atoms with E-state index in [9.17, 15) is 22.4 Å². The van der Waals surface area contributed by atoms with Gasteiger partial charge >= 0.3 is 6.18 Å². The van der Waals surface area contributed by atoms with Crippen molar-refractivity contribution in [1.29, 1.82) is 0 Å². The minimum atomic E-state index is -4.46. The fraction of sp³-hybridized carbons (Fsp3) is 0.333. The second-order valence-corrected chi connectivity index (χ2v) is 8.26. The van der Waals surface area contributed by atoms with Crippen LogP contribution in [0.5, 0.6) is 0 Å². The molecular weight excluding hydrogens is 450 g/mol. The van der Waals surface area contributed by atoms with E-state index in [4.69, 9.17) is 0 Å². The number of pyridine rings is 1. The van der Waals surface area contributed by atoms with E-state index in [2.05, 4.69) is 20.3 Å². The molecule has 1 N–H and O–H groups in total. The lowest BCUT2D eigenvalue weighted by Gasteiger charge is -2.40. The first-order valence-electron chi connectivity index (χ1n) is 10.9. The third-order valence-electron chi connectivity index (χ3n) is 5.98. The molecule has 1 saturated heterocycles. The predicted molar refractivity (Wildman–Crippen MR) is 118 cm³/mol. The lowest BCUT2D eigenvalue weighted by Crippen LogP contribution is -2.51. The van der Waals surface area contributed by atoms with E-state index >= 15 is 0 Å². The highest BCUT2D eigenvalue weighted by Crippen LogP contribution is 2.30. The zero-order chi connectivity index (χ0) is 24.3. The van der Waals surface area contributed by atoms with Crippen molar-refractivity contribution in [2.45, 2.75) is 32.0 Å². The average molecular weight is 473 g/mol. The molecule has 0 spiro atoms. The van der Waals surface area contributed by atoms with E-state index in [1.54, 1.807) is 23.4 Å². The van der Waals surface area contributed by atoms with Gasteiger partial charge in [-0.1, -0.05) is 6.92 Å². The summed E-state index contributed by atoms with van der Waals surface area (Å²) < 4.78 is 52.5. The first kappa shape index (κ1) is 23.6. The second kappa shape index (κ2) is 9.74. The summed E-state index contributed by atoms with van der Waals surface area (Å²) in [6, 6.07) is 7.55. The van der Waals surface area contributed by atoms with Crippen LogP contribution in [-0.4, -0.2) is 44.9 Å². The fourth-order valence-electron chi connectivity index (χ4n) is 4.17. The standard InChI is InChI=1S/C24H23F4N5O/c1-15-4-2-11-33(20(15)14-32-21-8-5-16(13-31-21)24(26,27)28)23(34)19-12-17(25)6-7-18(19)22-29-9-3-10-30-22/h3,5-10,12-13,15,20H,2,4,11,14H2,1H3,(H,31,32)/t15-,20-/m1/s1. The molecule has 178 valence electrons. The number of amides is 1. The second-order valence-electron chi connectivity index (χ2n) is 8.26. The van der Waals surface area contributed by atoms with Gasteiger partial charge in [0.05, 0.1) is 17.2 Å². The SMILES string of the molecule is C[C@@H]1CCCN(C(=O)c2cc(F)ccc2-c2ncccn2)[C@@H]1CNc1ccc(C(F)(F)F)cn1. The first-order valence-corrected chi connectivity index (χ1v) is 10.9. The summed E-state index contributed by atoms with van der Waals surface area (Å²) in [5, 5.41) is 3.05. The number of halogens is 4. The Labute approximate surface area is 194 Å². The van der Waals surface area contributed by atoms with Gasteiger partial charge in [0, 0.05) is 37.2 Å². The molecule has 2 aromatic heterocycles. The Bertz CT molecular complexity index is 1140. The topological polar surface area (TPSA) is 71.0 Å². The molecule has 0 unspecified atom stereocenters. The molecule has 3 heterocycles. The molecule has 34 heavy (non-hydrogen) atoms. The fourth-order valence-corrected chi connectivity index (χ4v) is 4.17. The number of aromatic nitrogens is 3. The largest absolute Gasteiger partial charge is 0.417 e. The Morgan fingerprint density at radius 1 is 1.15 bits per heavy atom. The third-order valence-corrected chi connectivity index (χ3v) is 5.98. The molecule has 1 aromatic carbocycles. The van der Waals surface area contributed by atoms with Crippen LogP contribution in [0.25, 0.3) is 11.4 Å². The Hall–Kier alpha value is -3.56. The van der Waals surface area contributed by atoms with Crippen molar-refractivity contribution < 1.29 is 22.4 Å². The van der Waals surface area contributed by atoms with Crippen LogP contribution in [0.3, 0.4) is 0 Å². The molecule has 0 aliphatic carbocycles. The molecule has 3 aromatic rings. The van der Waals surface area contributed by atoms with Crippen molar-refractivity contribution in [3.8, 4) is 11.4 Å². The molecule has 1 amide bonds. The summed E-state index contributed by atoms with van der Waals surface area (Å²) in [7, 11) is 0. The zero-order valence-corrected chi connectivity index (χ0v) is 18.4. The maximum absolute atomic E-state index is 14.1. The lowest BCUT2D eigenvalue weighted by atomic mass is 9.89. The number of hydrogen-bond donors (Lipinski definition) is 1. The van der Waals surface area contributed by atoms with Crippen LogP contribution in [0.1, 0.15) is 35.7 Å². The number of rotatable bonds is 5. The number of carbonyl (C=O) groups is 1. The quantitative estimate of drug-likeness (QED) is 0.525. The molecule has 10 heteroatoms. The van der Waals surface area contributed by atoms with Gasteiger partial charge in [-0.15, -0.1) is 0 Å². The van der Waals surface area contributed by atoms with Gasteiger partial charge in [0.15, 0.2) is 5.82 Å². The van der Waals surface area contributed by atoms with E-state index in [1.807, 2.05) is 6.92 Å². The van der Waals surface area contributed by atoms with Crippen LogP contribution in [0.4, 0.5) is 23.4 Å². The number of nitrogens with one attached hydrogen (secondary N) is 1. The van der Waals surface area contributed by atoms with Gasteiger partial charge in [-0.05, 0) is 55.2 Å². The van der Waals surface area contributed by atoms with Crippen LogP contribution in [0.2, 0.25) is 0 Å². The van der Waals surface area contributed by atoms with Crippen molar-refractivity contribution in [2.24, 2.45) is 5.92 Å². The molecule has 0 saturated carbocycles. The Morgan fingerprint density at radius 2 is 1.91 bits per heavy atom. The van der Waals surface area contributed by atoms with Crippen LogP contribution in [0, 0.1) is 11.7 Å². The van der Waals surface area contributed by atoms with E-state index in [-0.39, 0.29) is 35.8 Å². The summed E-state index contributed by atoms with van der Waals surface area (Å²) in [5.74, 6) is -0.177. The van der Waals surface area contributed by atoms with Crippen LogP contribution in [-0.2, 0) is 6.18 Å². The number of likely N-dealkylation sites (tertiary alicyclic amines) is 1. The molecule has 1 fully saturated rings. The summed E-state index contributed by atoms with van der Waals surface area (Å²) in [4.78, 5) is 27.5. The first-order chi connectivity index (χ1) is 16.2. The van der Waals surface area contributed by atoms with Crippen molar-refractivity contribution in [3.63, 3.8) is 0 Å². The number of hydrogen-bond acceptors (Lipinski definition) is 5. The minimum absolute atomic E-state index is 0.115. The van der Waals surface area contributed by atoms with Gasteiger partial charge in [-0.2, -0.15) is 13.2 Å². The smallest absolute Gasteiger partial charge is 0.368 e. The number of alkyl halides is 3. The van der Waals surface area contributed by atoms with E-state index in [0.29, 0.717) is 17.9 Å². The Kier molecular flexibility index (Phi) is 6.76. The van der Waals surface area contributed by atoms with Crippen molar-refractivity contribution >= 4 is 11.7 Å². The molecule has 2 atom stereocenters. The molecular formula is C24H23F4N5O. The zero-order valence-electron chi connectivity index (χ0n) is 18.4. The highest BCUT2D eigenvalue weighted by Gasteiger charge is 2.34. The summed E-state index contributed by atoms with van der Waals surface area (Å²) in [6.45, 7) is 2.78. The van der Waals surface area contributed by atoms with Gasteiger partial charge < -0.3 is 10.2 Å². The number of benzene rings is 1. The summed E-state index contributed by atoms with van der Waals surface area (Å²) in [6.07, 6.45) is 1.08. The van der Waals surface area contributed by atoms with Crippen LogP contribution >= 0.6 is 0 Å². The molecule has 0 bridgehead atoms. The van der Waals surface area contributed by atoms with Crippen molar-refractivity contribution in [1.82, 2.24) is 19.9 Å². The highest BCUT2D eigenvalue weighted by molar-refractivity contribution is 6.00. The third kappa shape index (κ3) is 5.16. The highest BCUT2D eigenvalue weighted by atomic mass is 19.4. The van der Waals surface area contributed by atoms with Gasteiger partial charge in [0.2, 0.25) is 0 Å². The molecule has 1 aliphatic heterocycles. The Morgan fingerprint density at radius 3 is 2.59 bits per heavy atom. The monoisotopic (exact) mass is 473 g/mol. The number of piperidine rings is 1. The van der Waals surface area contributed by atoms with Crippen LogP contribution < -0.4 is 5.32 Å². The summed E-state index contributed by atoms with van der Waals surface area (Å²) >= 11 is 0. The van der Waals surface area contributed by atoms with Crippen LogP contribution in [0.15, 0.2) is 55.0 Å². The summed E-state index contributed by atoms with van der Waals surface area (Å²) in [5.41, 5.74) is -0.234. The molecule has 1 aliphatic rings. The average Bonchev–Trinajstić information content (AvgIpc) is 2.83. The Balaban J connectivity index is 1.57. The van der Waals surface area contributed by atoms with Crippen molar-refractivity contribution in [2.75, 3.05) is 18.4 Å². The lowest BCUT2D eigenvalue weighted by molar-refractivity contribution is -0.137. The predicted octanol–water partition coefficient (Wildman–Crippen LogP) is 5.05. The van der Waals surface area contributed by atoms with E-state index < -0.39 is 17.6 Å². The van der Waals surface area contributed by atoms with Gasteiger partial charge in [0.25, 0.3) is 5.91 Å². The molecule has 4 rings (SSSR count). The normalized spacial score (nSPS) is 18.6. The van der Waals surface area contributed by atoms with Gasteiger partial charge in [-0.3, -0.25) is 4.79 Å². The van der Waals surface area contributed by atoms with Crippen molar-refractivity contribution in [3.05, 3.63) is 71.9 Å². The maximum atomic E-state index is 14.1. The molecule has 6 nitrogen and oxygen atoms in total. The molecule has 0 radical (unpaired) electrons. The van der Waals surface area contributed by atoms with E-state index in [0.717, 1.165) is 25.1 Å². The van der Waals surface area contributed by atoms with E-state index in [1.165, 1.54) is 24.3 Å².